The van der Waals surface area contributed by atoms with Crippen molar-refractivity contribution in [2.45, 2.75) is 25.3 Å². The molecule has 7 nitrogen and oxygen atoms in total. The van der Waals surface area contributed by atoms with E-state index in [1.165, 1.54) is 0 Å². The highest BCUT2D eigenvalue weighted by atomic mass is 16.5. The number of aromatic nitrogens is 3. The zero-order valence-electron chi connectivity index (χ0n) is 16.1. The first-order valence-electron chi connectivity index (χ1n) is 9.70. The van der Waals surface area contributed by atoms with Gasteiger partial charge in [0.2, 0.25) is 11.8 Å². The van der Waals surface area contributed by atoms with Gasteiger partial charge in [-0.15, -0.1) is 0 Å². The Morgan fingerprint density at radius 2 is 1.76 bits per heavy atom. The van der Waals surface area contributed by atoms with E-state index in [1.54, 1.807) is 36.7 Å². The molecule has 1 saturated heterocycles. The minimum atomic E-state index is -0.464. The molecule has 0 aliphatic carbocycles. The van der Waals surface area contributed by atoms with E-state index in [2.05, 4.69) is 25.9 Å². The van der Waals surface area contributed by atoms with E-state index in [9.17, 15) is 4.79 Å². The molecular weight excluding hydrogens is 366 g/mol. The van der Waals surface area contributed by atoms with Crippen molar-refractivity contribution in [2.24, 2.45) is 5.73 Å². The normalized spacial score (nSPS) is 15.2. The van der Waals surface area contributed by atoms with Crippen molar-refractivity contribution in [2.75, 3.05) is 13.1 Å². The molecule has 0 atom stereocenters. The summed E-state index contributed by atoms with van der Waals surface area (Å²) in [6.07, 6.45) is 7.15. The number of ether oxygens (including phenoxy) is 1. The highest BCUT2D eigenvalue weighted by Gasteiger charge is 2.25. The molecule has 0 saturated carbocycles. The number of piperidine rings is 1. The van der Waals surface area contributed by atoms with Gasteiger partial charge in [-0.05, 0) is 62.3 Å². The van der Waals surface area contributed by atoms with Crippen LogP contribution >= 0.6 is 0 Å². The van der Waals surface area contributed by atoms with Gasteiger partial charge in [-0.2, -0.15) is 0 Å². The molecule has 1 aliphatic heterocycles. The van der Waals surface area contributed by atoms with Gasteiger partial charge in [-0.25, -0.2) is 4.98 Å². The molecule has 0 bridgehead atoms. The first-order chi connectivity index (χ1) is 14.2. The second kappa shape index (κ2) is 8.79. The lowest BCUT2D eigenvalue weighted by Gasteiger charge is -2.31. The number of carbonyl (C=O) groups is 1. The molecule has 29 heavy (non-hydrogen) atoms. The van der Waals surface area contributed by atoms with Gasteiger partial charge in [0.05, 0.1) is 5.69 Å². The van der Waals surface area contributed by atoms with Crippen LogP contribution in [0.3, 0.4) is 0 Å². The molecule has 4 rings (SSSR count). The summed E-state index contributed by atoms with van der Waals surface area (Å²) >= 11 is 0. The number of carbonyl (C=O) groups excluding carboxylic acids is 1. The molecule has 1 amide bonds. The van der Waals surface area contributed by atoms with Crippen LogP contribution < -0.4 is 10.5 Å². The fraction of sp³-hybridized carbons (Fsp3) is 0.273. The average molecular weight is 389 g/mol. The van der Waals surface area contributed by atoms with Crippen LogP contribution in [0.15, 0.2) is 61.1 Å². The van der Waals surface area contributed by atoms with E-state index in [0.29, 0.717) is 23.1 Å². The topological polar surface area (TPSA) is 94.2 Å². The Morgan fingerprint density at radius 1 is 1.00 bits per heavy atom. The van der Waals surface area contributed by atoms with Crippen molar-refractivity contribution in [3.8, 4) is 11.6 Å². The summed E-state index contributed by atoms with van der Waals surface area (Å²) in [6.45, 7) is 2.82. The lowest BCUT2D eigenvalue weighted by molar-refractivity contribution is 0.100. The Kier molecular flexibility index (Phi) is 5.76. The predicted octanol–water partition coefficient (Wildman–Crippen LogP) is 3.14. The van der Waals surface area contributed by atoms with Gasteiger partial charge in [-0.1, -0.05) is 6.07 Å². The fourth-order valence-corrected chi connectivity index (χ4v) is 3.58. The summed E-state index contributed by atoms with van der Waals surface area (Å²) < 4.78 is 5.97. The summed E-state index contributed by atoms with van der Waals surface area (Å²) in [5, 5.41) is 0. The Balaban J connectivity index is 1.41. The van der Waals surface area contributed by atoms with Crippen LogP contribution in [0.25, 0.3) is 0 Å². The summed E-state index contributed by atoms with van der Waals surface area (Å²) in [6, 6.07) is 12.7. The van der Waals surface area contributed by atoms with E-state index in [4.69, 9.17) is 10.5 Å². The fourth-order valence-electron chi connectivity index (χ4n) is 3.58. The number of rotatable bonds is 6. The van der Waals surface area contributed by atoms with Gasteiger partial charge in [-0.3, -0.25) is 19.7 Å². The van der Waals surface area contributed by atoms with Crippen molar-refractivity contribution >= 4 is 5.91 Å². The smallest absolute Gasteiger partial charge is 0.248 e. The first kappa shape index (κ1) is 19.0. The van der Waals surface area contributed by atoms with Crippen molar-refractivity contribution in [1.82, 2.24) is 19.9 Å². The second-order valence-corrected chi connectivity index (χ2v) is 7.11. The van der Waals surface area contributed by atoms with Crippen LogP contribution in [0.2, 0.25) is 0 Å². The van der Waals surface area contributed by atoms with Gasteiger partial charge in [0, 0.05) is 36.6 Å². The van der Waals surface area contributed by atoms with E-state index < -0.39 is 5.91 Å². The molecular formula is C22H23N5O2. The number of primary amides is 1. The van der Waals surface area contributed by atoms with Crippen LogP contribution in [-0.2, 0) is 6.54 Å². The molecule has 148 valence electrons. The lowest BCUT2D eigenvalue weighted by atomic mass is 9.93. The number of pyridine rings is 1. The predicted molar refractivity (Wildman–Crippen MR) is 109 cm³/mol. The highest BCUT2D eigenvalue weighted by Crippen LogP contribution is 2.33. The third-order valence-electron chi connectivity index (χ3n) is 5.13. The number of amides is 1. The van der Waals surface area contributed by atoms with Crippen LogP contribution in [0, 0.1) is 0 Å². The van der Waals surface area contributed by atoms with Crippen molar-refractivity contribution < 1.29 is 9.53 Å². The van der Waals surface area contributed by atoms with E-state index >= 15 is 0 Å². The molecule has 1 aromatic carbocycles. The third-order valence-corrected chi connectivity index (χ3v) is 5.13. The monoisotopic (exact) mass is 389 g/mol. The molecule has 1 aliphatic rings. The first-order valence-corrected chi connectivity index (χ1v) is 9.70. The van der Waals surface area contributed by atoms with E-state index in [0.717, 1.165) is 43.9 Å². The number of nitrogens with two attached hydrogens (primary N) is 1. The Morgan fingerprint density at radius 3 is 2.45 bits per heavy atom. The zero-order valence-corrected chi connectivity index (χ0v) is 16.1. The van der Waals surface area contributed by atoms with Gasteiger partial charge in [0.1, 0.15) is 11.4 Å². The maximum absolute atomic E-state index is 11.2. The van der Waals surface area contributed by atoms with Gasteiger partial charge in [0.15, 0.2) is 0 Å². The number of nitrogens with zero attached hydrogens (tertiary/aromatic N) is 4. The number of benzene rings is 1. The van der Waals surface area contributed by atoms with E-state index in [-0.39, 0.29) is 0 Å². The van der Waals surface area contributed by atoms with E-state index in [1.807, 2.05) is 18.3 Å². The minimum absolute atomic E-state index is 0.295. The molecule has 0 unspecified atom stereocenters. The van der Waals surface area contributed by atoms with Crippen molar-refractivity contribution in [3.05, 3.63) is 78.0 Å². The maximum Gasteiger partial charge on any atom is 0.248 e. The van der Waals surface area contributed by atoms with Crippen LogP contribution in [-0.4, -0.2) is 38.8 Å². The standard InChI is InChI=1S/C22H23N5O2/c23-21(28)17-4-6-19(7-5-17)29-22-20(25-11-12-26-22)16-8-13-27(14-9-16)15-18-3-1-2-10-24-18/h1-7,10-12,16H,8-9,13-15H2,(H2,23,28). The average Bonchev–Trinajstić information content (AvgIpc) is 2.76. The van der Waals surface area contributed by atoms with Gasteiger partial charge in [0.25, 0.3) is 0 Å². The maximum atomic E-state index is 11.2. The minimum Gasteiger partial charge on any atom is -0.437 e. The molecule has 7 heteroatoms. The van der Waals surface area contributed by atoms with Gasteiger partial charge < -0.3 is 10.5 Å². The van der Waals surface area contributed by atoms with Crippen molar-refractivity contribution in [3.63, 3.8) is 0 Å². The summed E-state index contributed by atoms with van der Waals surface area (Å²) in [4.78, 5) is 27.0. The molecule has 0 radical (unpaired) electrons. The largest absolute Gasteiger partial charge is 0.437 e. The van der Waals surface area contributed by atoms with Crippen LogP contribution in [0.1, 0.15) is 40.5 Å². The highest BCUT2D eigenvalue weighted by molar-refractivity contribution is 5.92. The lowest BCUT2D eigenvalue weighted by Crippen LogP contribution is -2.33. The second-order valence-electron chi connectivity index (χ2n) is 7.11. The number of likely N-dealkylation sites (tertiary alicyclic amines) is 1. The quantitative estimate of drug-likeness (QED) is 0.696. The zero-order chi connectivity index (χ0) is 20.1. The molecule has 1 fully saturated rings. The Hall–Kier alpha value is -3.32. The Labute approximate surface area is 169 Å². The van der Waals surface area contributed by atoms with Crippen LogP contribution in [0.5, 0.6) is 11.6 Å². The molecule has 3 aromatic rings. The summed E-state index contributed by atoms with van der Waals surface area (Å²) in [5.74, 6) is 0.949. The van der Waals surface area contributed by atoms with Gasteiger partial charge >= 0.3 is 0 Å². The molecule has 2 aromatic heterocycles. The molecule has 2 N–H and O–H groups in total. The SMILES string of the molecule is NC(=O)c1ccc(Oc2nccnc2C2CCN(Cc3ccccn3)CC2)cc1. The molecule has 3 heterocycles. The third kappa shape index (κ3) is 4.75. The number of hydrogen-bond acceptors (Lipinski definition) is 6. The summed E-state index contributed by atoms with van der Waals surface area (Å²) in [7, 11) is 0. The summed E-state index contributed by atoms with van der Waals surface area (Å²) in [5.41, 5.74) is 7.70. The van der Waals surface area contributed by atoms with Crippen LogP contribution in [0.4, 0.5) is 0 Å². The number of hydrogen-bond donors (Lipinski definition) is 1. The Bertz CT molecular complexity index is 954. The molecule has 0 spiro atoms. The van der Waals surface area contributed by atoms with Crippen molar-refractivity contribution in [1.29, 1.82) is 0 Å².